The van der Waals surface area contributed by atoms with Crippen molar-refractivity contribution in [1.29, 1.82) is 0 Å². The second kappa shape index (κ2) is 6.71. The summed E-state index contributed by atoms with van der Waals surface area (Å²) in [5.41, 5.74) is 3.10. The molecule has 1 aromatic carbocycles. The predicted octanol–water partition coefficient (Wildman–Crippen LogP) is 3.82. The average molecular weight is 427 g/mol. The highest BCUT2D eigenvalue weighted by atomic mass is 35.5. The second-order valence-electron chi connectivity index (χ2n) is 6.54. The van der Waals surface area contributed by atoms with E-state index in [1.807, 2.05) is 10.6 Å². The maximum absolute atomic E-state index is 12.7. The van der Waals surface area contributed by atoms with Gasteiger partial charge in [0.2, 0.25) is 0 Å². The van der Waals surface area contributed by atoms with Crippen LogP contribution in [0.2, 0.25) is 5.02 Å². The SMILES string of the molecule is FC(F)(F)c1ccc(C#Cc2ncn3c2Cc2cnnn2-c2cc(Cl)ccc2-3)nc1. The number of fused-ring (bicyclic) bond motifs is 5. The topological polar surface area (TPSA) is 61.4 Å². The zero-order valence-electron chi connectivity index (χ0n) is 15.0. The van der Waals surface area contributed by atoms with E-state index in [9.17, 15) is 13.2 Å². The third-order valence-electron chi connectivity index (χ3n) is 4.66. The van der Waals surface area contributed by atoms with Gasteiger partial charge in [-0.15, -0.1) is 5.10 Å². The summed E-state index contributed by atoms with van der Waals surface area (Å²) in [6.45, 7) is 0. The molecule has 6 nitrogen and oxygen atoms in total. The van der Waals surface area contributed by atoms with Crippen LogP contribution in [0.5, 0.6) is 0 Å². The summed E-state index contributed by atoms with van der Waals surface area (Å²) >= 11 is 6.17. The number of imidazole rings is 1. The minimum atomic E-state index is -4.44. The number of aromatic nitrogens is 6. The van der Waals surface area contributed by atoms with Crippen LogP contribution in [0.3, 0.4) is 0 Å². The van der Waals surface area contributed by atoms with Gasteiger partial charge < -0.3 is 0 Å². The fraction of sp³-hybridized carbons (Fsp3) is 0.100. The van der Waals surface area contributed by atoms with Gasteiger partial charge in [0.05, 0.1) is 34.5 Å². The zero-order valence-corrected chi connectivity index (χ0v) is 15.8. The Labute approximate surface area is 173 Å². The van der Waals surface area contributed by atoms with Crippen LogP contribution in [0.1, 0.15) is 28.3 Å². The standard InChI is InChI=1S/C20H10ClF3N6/c21-13-2-6-17-19(7-13)30-15(10-27-28-30)8-18-16(26-11-29(17)18)5-4-14-3-1-12(9-25-14)20(22,23)24/h1-3,6-7,9-11H,8H2. The fourth-order valence-corrected chi connectivity index (χ4v) is 3.40. The lowest BCUT2D eigenvalue weighted by Gasteiger charge is -2.09. The van der Waals surface area contributed by atoms with E-state index in [2.05, 4.69) is 32.1 Å². The van der Waals surface area contributed by atoms with Crippen LogP contribution in [0.15, 0.2) is 49.1 Å². The molecule has 0 unspecified atom stereocenters. The van der Waals surface area contributed by atoms with Crippen LogP contribution in [0.25, 0.3) is 11.4 Å². The Bertz CT molecular complexity index is 1330. The molecule has 148 valence electrons. The summed E-state index contributed by atoms with van der Waals surface area (Å²) in [6.07, 6.45) is 0.0905. The van der Waals surface area contributed by atoms with Crippen molar-refractivity contribution in [3.05, 3.63) is 82.4 Å². The third-order valence-corrected chi connectivity index (χ3v) is 4.89. The number of pyridine rings is 1. The van der Waals surface area contributed by atoms with Crippen molar-refractivity contribution in [3.8, 4) is 23.2 Å². The summed E-state index contributed by atoms with van der Waals surface area (Å²) < 4.78 is 41.7. The van der Waals surface area contributed by atoms with Gasteiger partial charge in [0.15, 0.2) is 0 Å². The largest absolute Gasteiger partial charge is 0.417 e. The molecule has 1 aliphatic rings. The van der Waals surface area contributed by atoms with E-state index in [-0.39, 0.29) is 5.69 Å². The van der Waals surface area contributed by atoms with E-state index >= 15 is 0 Å². The predicted molar refractivity (Wildman–Crippen MR) is 102 cm³/mol. The van der Waals surface area contributed by atoms with Crippen LogP contribution in [-0.4, -0.2) is 29.5 Å². The molecule has 0 atom stereocenters. The lowest BCUT2D eigenvalue weighted by molar-refractivity contribution is -0.137. The Morgan fingerprint density at radius 2 is 1.87 bits per heavy atom. The number of hydrogen-bond donors (Lipinski definition) is 0. The first-order valence-electron chi connectivity index (χ1n) is 8.71. The second-order valence-corrected chi connectivity index (χ2v) is 6.97. The van der Waals surface area contributed by atoms with E-state index in [0.717, 1.165) is 35.0 Å². The molecule has 5 rings (SSSR count). The number of nitrogens with zero attached hydrogens (tertiary/aromatic N) is 6. The Kier molecular flexibility index (Phi) is 4.11. The van der Waals surface area contributed by atoms with Gasteiger partial charge in [-0.3, -0.25) is 4.57 Å². The molecular formula is C20H10ClF3N6. The minimum Gasteiger partial charge on any atom is -0.299 e. The highest BCUT2D eigenvalue weighted by molar-refractivity contribution is 6.30. The van der Waals surface area contributed by atoms with Crippen molar-refractivity contribution >= 4 is 11.6 Å². The zero-order chi connectivity index (χ0) is 20.9. The van der Waals surface area contributed by atoms with Gasteiger partial charge in [0.25, 0.3) is 0 Å². The summed E-state index contributed by atoms with van der Waals surface area (Å²) in [7, 11) is 0. The molecule has 10 heteroatoms. The Balaban J connectivity index is 1.57. The molecule has 0 amide bonds. The molecule has 0 saturated carbocycles. The van der Waals surface area contributed by atoms with Crippen LogP contribution in [-0.2, 0) is 12.6 Å². The Morgan fingerprint density at radius 3 is 2.63 bits per heavy atom. The van der Waals surface area contributed by atoms with E-state index in [0.29, 0.717) is 17.1 Å². The van der Waals surface area contributed by atoms with Crippen LogP contribution < -0.4 is 0 Å². The minimum absolute atomic E-state index is 0.220. The van der Waals surface area contributed by atoms with Gasteiger partial charge >= 0.3 is 6.18 Å². The molecule has 0 radical (unpaired) electrons. The van der Waals surface area contributed by atoms with E-state index in [1.165, 1.54) is 6.07 Å². The summed E-state index contributed by atoms with van der Waals surface area (Å²) in [6, 6.07) is 7.61. The molecule has 0 N–H and O–H groups in total. The number of alkyl halides is 3. The Morgan fingerprint density at radius 1 is 1.00 bits per heavy atom. The third kappa shape index (κ3) is 3.11. The molecule has 0 saturated heterocycles. The lowest BCUT2D eigenvalue weighted by atomic mass is 10.2. The van der Waals surface area contributed by atoms with Crippen molar-refractivity contribution in [2.75, 3.05) is 0 Å². The van der Waals surface area contributed by atoms with Gasteiger partial charge in [0, 0.05) is 17.6 Å². The van der Waals surface area contributed by atoms with Gasteiger partial charge in [-0.05, 0) is 42.2 Å². The van der Waals surface area contributed by atoms with Crippen molar-refractivity contribution in [2.45, 2.75) is 12.6 Å². The molecule has 4 heterocycles. The first kappa shape index (κ1) is 18.4. The highest BCUT2D eigenvalue weighted by Crippen LogP contribution is 2.30. The number of benzene rings is 1. The van der Waals surface area contributed by atoms with E-state index in [1.54, 1.807) is 29.3 Å². The number of hydrogen-bond acceptors (Lipinski definition) is 4. The number of halogens is 4. The summed E-state index contributed by atoms with van der Waals surface area (Å²) in [4.78, 5) is 8.17. The first-order valence-corrected chi connectivity index (χ1v) is 9.09. The summed E-state index contributed by atoms with van der Waals surface area (Å²) in [5.74, 6) is 5.70. The van der Waals surface area contributed by atoms with Crippen molar-refractivity contribution in [1.82, 2.24) is 29.5 Å². The van der Waals surface area contributed by atoms with E-state index in [4.69, 9.17) is 11.6 Å². The normalized spacial score (nSPS) is 12.3. The van der Waals surface area contributed by atoms with Gasteiger partial charge in [0.1, 0.15) is 17.7 Å². The fourth-order valence-electron chi connectivity index (χ4n) is 3.23. The summed E-state index contributed by atoms with van der Waals surface area (Å²) in [5, 5.41) is 8.70. The maximum atomic E-state index is 12.7. The molecule has 30 heavy (non-hydrogen) atoms. The van der Waals surface area contributed by atoms with Crippen molar-refractivity contribution < 1.29 is 13.2 Å². The van der Waals surface area contributed by atoms with Gasteiger partial charge in [-0.25, -0.2) is 14.6 Å². The van der Waals surface area contributed by atoms with Crippen molar-refractivity contribution in [2.24, 2.45) is 0 Å². The molecule has 0 fully saturated rings. The molecule has 3 aromatic heterocycles. The average Bonchev–Trinajstić information content (AvgIpc) is 3.31. The quantitative estimate of drug-likeness (QED) is 0.353. The van der Waals surface area contributed by atoms with Gasteiger partial charge in [-0.1, -0.05) is 16.8 Å². The van der Waals surface area contributed by atoms with Gasteiger partial charge in [-0.2, -0.15) is 13.2 Å². The lowest BCUT2D eigenvalue weighted by Crippen LogP contribution is -2.05. The highest BCUT2D eigenvalue weighted by Gasteiger charge is 2.30. The molecule has 0 aliphatic carbocycles. The van der Waals surface area contributed by atoms with Crippen molar-refractivity contribution in [3.63, 3.8) is 0 Å². The van der Waals surface area contributed by atoms with Crippen LogP contribution in [0, 0.1) is 11.8 Å². The van der Waals surface area contributed by atoms with Crippen LogP contribution >= 0.6 is 11.6 Å². The Hall–Kier alpha value is -3.64. The molecule has 4 aromatic rings. The smallest absolute Gasteiger partial charge is 0.299 e. The molecule has 1 aliphatic heterocycles. The first-order chi connectivity index (χ1) is 14.4. The monoisotopic (exact) mass is 426 g/mol. The molecule has 0 spiro atoms. The maximum Gasteiger partial charge on any atom is 0.417 e. The number of rotatable bonds is 0. The molecule has 0 bridgehead atoms. The van der Waals surface area contributed by atoms with E-state index < -0.39 is 11.7 Å². The van der Waals surface area contributed by atoms with Crippen LogP contribution in [0.4, 0.5) is 13.2 Å². The molecular weight excluding hydrogens is 417 g/mol.